The largest absolute Gasteiger partial charge is 0.369 e. The van der Waals surface area contributed by atoms with Crippen molar-refractivity contribution in [3.63, 3.8) is 0 Å². The maximum absolute atomic E-state index is 12.2. The number of nitrogens with two attached hydrogens (primary N) is 1. The van der Waals surface area contributed by atoms with Crippen LogP contribution < -0.4 is 10.9 Å². The van der Waals surface area contributed by atoms with Crippen LogP contribution in [0.1, 0.15) is 18.9 Å². The van der Waals surface area contributed by atoms with Gasteiger partial charge in [-0.1, -0.05) is 67.3 Å². The summed E-state index contributed by atoms with van der Waals surface area (Å²) in [5, 5.41) is 1.45. The molecule has 26 heavy (non-hydrogen) atoms. The molecule has 1 aliphatic heterocycles. The van der Waals surface area contributed by atoms with E-state index in [0.717, 1.165) is 11.1 Å². The highest BCUT2D eigenvalue weighted by atomic mass is 28.3. The van der Waals surface area contributed by atoms with E-state index in [1.54, 1.807) is 7.05 Å². The Labute approximate surface area is 156 Å². The average molecular weight is 366 g/mol. The molecule has 2 aromatic carbocycles. The van der Waals surface area contributed by atoms with Gasteiger partial charge < -0.3 is 5.73 Å². The standard InChI is InChI=1S/C21H27N3OSi/c1-21(14-19(25)24(2)20(22)23-21)17-8-6-7-16(13-17)15-9-11-18(12-10-15)26(3,4)5/h6-13H,14H2,1-5H3,(H2,22,23). The first kappa shape index (κ1) is 18.4. The molecule has 2 aromatic rings. The molecule has 0 bridgehead atoms. The quantitative estimate of drug-likeness (QED) is 0.849. The second-order valence-corrected chi connectivity index (χ2v) is 13.4. The van der Waals surface area contributed by atoms with Gasteiger partial charge in [0.15, 0.2) is 5.96 Å². The second kappa shape index (κ2) is 6.40. The van der Waals surface area contributed by atoms with E-state index in [9.17, 15) is 4.79 Å². The summed E-state index contributed by atoms with van der Waals surface area (Å²) in [5.74, 6) is 0.263. The van der Waals surface area contributed by atoms with Crippen molar-refractivity contribution in [3.05, 3.63) is 54.1 Å². The zero-order chi connectivity index (χ0) is 19.1. The van der Waals surface area contributed by atoms with E-state index in [0.29, 0.717) is 6.42 Å². The first-order chi connectivity index (χ1) is 12.1. The third kappa shape index (κ3) is 3.44. The Hall–Kier alpha value is -2.40. The number of nitrogens with zero attached hydrogens (tertiary/aromatic N) is 2. The number of hydrogen-bond donors (Lipinski definition) is 1. The van der Waals surface area contributed by atoms with Crippen LogP contribution >= 0.6 is 0 Å². The molecule has 0 saturated carbocycles. The van der Waals surface area contributed by atoms with Crippen LogP contribution in [-0.4, -0.2) is 31.9 Å². The predicted molar refractivity (Wildman–Crippen MR) is 111 cm³/mol. The molecule has 0 saturated heterocycles. The van der Waals surface area contributed by atoms with Gasteiger partial charge in [-0.25, -0.2) is 4.99 Å². The van der Waals surface area contributed by atoms with E-state index >= 15 is 0 Å². The van der Waals surface area contributed by atoms with E-state index in [1.165, 1.54) is 15.7 Å². The molecule has 4 nitrogen and oxygen atoms in total. The van der Waals surface area contributed by atoms with Gasteiger partial charge >= 0.3 is 0 Å². The summed E-state index contributed by atoms with van der Waals surface area (Å²) in [4.78, 5) is 18.3. The maximum Gasteiger partial charge on any atom is 0.231 e. The fourth-order valence-electron chi connectivity index (χ4n) is 3.27. The van der Waals surface area contributed by atoms with E-state index in [2.05, 4.69) is 61.0 Å². The third-order valence-electron chi connectivity index (χ3n) is 5.14. The summed E-state index contributed by atoms with van der Waals surface area (Å²) >= 11 is 0. The Morgan fingerprint density at radius 2 is 1.73 bits per heavy atom. The Kier molecular flexibility index (Phi) is 4.52. The minimum absolute atomic E-state index is 0.00936. The molecule has 1 atom stereocenters. The van der Waals surface area contributed by atoms with E-state index in [-0.39, 0.29) is 11.9 Å². The van der Waals surface area contributed by atoms with Crippen LogP contribution in [0.15, 0.2) is 53.5 Å². The zero-order valence-electron chi connectivity index (χ0n) is 16.2. The van der Waals surface area contributed by atoms with Gasteiger partial charge in [-0.3, -0.25) is 9.69 Å². The highest BCUT2D eigenvalue weighted by Gasteiger charge is 2.36. The van der Waals surface area contributed by atoms with Crippen molar-refractivity contribution >= 4 is 25.1 Å². The van der Waals surface area contributed by atoms with Crippen molar-refractivity contribution in [2.75, 3.05) is 7.05 Å². The summed E-state index contributed by atoms with van der Waals surface area (Å²) in [6, 6.07) is 17.1. The molecule has 136 valence electrons. The summed E-state index contributed by atoms with van der Waals surface area (Å²) in [5.41, 5.74) is 8.64. The van der Waals surface area contributed by atoms with Crippen molar-refractivity contribution < 1.29 is 4.79 Å². The van der Waals surface area contributed by atoms with Crippen LogP contribution in [0.5, 0.6) is 0 Å². The van der Waals surface area contributed by atoms with Crippen molar-refractivity contribution in [2.45, 2.75) is 38.5 Å². The van der Waals surface area contributed by atoms with Crippen LogP contribution in [0.3, 0.4) is 0 Å². The van der Waals surface area contributed by atoms with Crippen LogP contribution in [0, 0.1) is 0 Å². The van der Waals surface area contributed by atoms with Crippen molar-refractivity contribution in [3.8, 4) is 11.1 Å². The highest BCUT2D eigenvalue weighted by Crippen LogP contribution is 2.34. The van der Waals surface area contributed by atoms with Gasteiger partial charge in [-0.2, -0.15) is 0 Å². The molecule has 1 unspecified atom stereocenters. The zero-order valence-corrected chi connectivity index (χ0v) is 17.2. The second-order valence-electron chi connectivity index (χ2n) is 8.28. The lowest BCUT2D eigenvalue weighted by atomic mass is 9.86. The average Bonchev–Trinajstić information content (AvgIpc) is 2.59. The van der Waals surface area contributed by atoms with Gasteiger partial charge in [0.05, 0.1) is 20.0 Å². The normalized spacial score (nSPS) is 20.9. The van der Waals surface area contributed by atoms with Crippen molar-refractivity contribution in [2.24, 2.45) is 10.7 Å². The molecule has 0 spiro atoms. The number of aliphatic imine (C=N–C) groups is 1. The smallest absolute Gasteiger partial charge is 0.231 e. The number of rotatable bonds is 3. The summed E-state index contributed by atoms with van der Waals surface area (Å²) < 4.78 is 0. The molecule has 1 aliphatic rings. The molecule has 1 amide bonds. The van der Waals surface area contributed by atoms with Crippen LogP contribution in [0.2, 0.25) is 19.6 Å². The molecule has 0 aliphatic carbocycles. The van der Waals surface area contributed by atoms with E-state index in [1.807, 2.05) is 19.1 Å². The molecular formula is C21H27N3OSi. The van der Waals surface area contributed by atoms with Crippen molar-refractivity contribution in [1.82, 2.24) is 4.90 Å². The molecular weight excluding hydrogens is 338 g/mol. The minimum Gasteiger partial charge on any atom is -0.369 e. The monoisotopic (exact) mass is 365 g/mol. The number of carbonyl (C=O) groups excluding carboxylic acids is 1. The van der Waals surface area contributed by atoms with Gasteiger partial charge in [-0.15, -0.1) is 0 Å². The molecule has 0 radical (unpaired) electrons. The Balaban J connectivity index is 1.98. The molecule has 1 heterocycles. The lowest BCUT2D eigenvalue weighted by molar-refractivity contribution is -0.128. The first-order valence-corrected chi connectivity index (χ1v) is 12.4. The Morgan fingerprint density at radius 3 is 2.31 bits per heavy atom. The van der Waals surface area contributed by atoms with Crippen molar-refractivity contribution in [1.29, 1.82) is 0 Å². The number of guanidine groups is 1. The summed E-state index contributed by atoms with van der Waals surface area (Å²) in [7, 11) is 0.361. The highest BCUT2D eigenvalue weighted by molar-refractivity contribution is 6.88. The predicted octanol–water partition coefficient (Wildman–Crippen LogP) is 3.29. The SMILES string of the molecule is CN1C(=O)CC(C)(c2cccc(-c3ccc([Si](C)(C)C)cc3)c2)N=C1N. The van der Waals surface area contributed by atoms with Gasteiger partial charge in [0.1, 0.15) is 0 Å². The number of amides is 1. The topological polar surface area (TPSA) is 58.7 Å². The number of carbonyl (C=O) groups is 1. The Morgan fingerprint density at radius 1 is 1.08 bits per heavy atom. The van der Waals surface area contributed by atoms with Gasteiger partial charge in [0.2, 0.25) is 5.91 Å². The summed E-state index contributed by atoms with van der Waals surface area (Å²) in [6.07, 6.45) is 0.322. The van der Waals surface area contributed by atoms with Gasteiger partial charge in [0.25, 0.3) is 0 Å². The lowest BCUT2D eigenvalue weighted by Gasteiger charge is -2.33. The molecule has 0 aromatic heterocycles. The van der Waals surface area contributed by atoms with Crippen LogP contribution in [-0.2, 0) is 10.3 Å². The molecule has 2 N–H and O–H groups in total. The number of benzene rings is 2. The van der Waals surface area contributed by atoms with Gasteiger partial charge in [0, 0.05) is 7.05 Å². The van der Waals surface area contributed by atoms with Crippen LogP contribution in [0.4, 0.5) is 0 Å². The number of hydrogen-bond acceptors (Lipinski definition) is 3. The van der Waals surface area contributed by atoms with Gasteiger partial charge in [-0.05, 0) is 29.7 Å². The first-order valence-electron chi connectivity index (χ1n) is 8.93. The molecule has 0 fully saturated rings. The molecule has 5 heteroatoms. The molecule has 3 rings (SSSR count). The van der Waals surface area contributed by atoms with E-state index < -0.39 is 13.6 Å². The Bertz CT molecular complexity index is 868. The third-order valence-corrected chi connectivity index (χ3v) is 7.21. The lowest BCUT2D eigenvalue weighted by Crippen LogP contribution is -2.47. The van der Waals surface area contributed by atoms with E-state index in [4.69, 9.17) is 5.73 Å². The fraction of sp³-hybridized carbons (Fsp3) is 0.333. The summed E-state index contributed by atoms with van der Waals surface area (Å²) in [6.45, 7) is 9.02. The van der Waals surface area contributed by atoms with Crippen LogP contribution in [0.25, 0.3) is 11.1 Å². The fourth-order valence-corrected chi connectivity index (χ4v) is 4.44. The maximum atomic E-state index is 12.2. The minimum atomic E-state index is -1.30.